The van der Waals surface area contributed by atoms with Crippen LogP contribution in [0, 0.1) is 5.92 Å². The van der Waals surface area contributed by atoms with Crippen LogP contribution in [-0.4, -0.2) is 43.4 Å². The van der Waals surface area contributed by atoms with Gasteiger partial charge in [-0.05, 0) is 37.4 Å². The minimum Gasteiger partial charge on any atom is -0.468 e. The lowest BCUT2D eigenvalue weighted by Crippen LogP contribution is -2.40. The monoisotopic (exact) mass is 346 g/mol. The number of hydrogen-bond donors (Lipinski definition) is 3. The molecule has 0 atom stereocenters. The molecule has 134 valence electrons. The second kappa shape index (κ2) is 8.72. The largest absolute Gasteiger partial charge is 0.468 e. The molecule has 0 aromatic carbocycles. The van der Waals surface area contributed by atoms with Crippen molar-refractivity contribution in [3.63, 3.8) is 0 Å². The van der Waals surface area contributed by atoms with Crippen molar-refractivity contribution in [2.45, 2.75) is 25.6 Å². The number of ether oxygens (including phenoxy) is 1. The summed E-state index contributed by atoms with van der Waals surface area (Å²) in [7, 11) is 0. The van der Waals surface area contributed by atoms with Crippen molar-refractivity contribution in [1.82, 2.24) is 20.9 Å². The first kappa shape index (κ1) is 18.3. The van der Waals surface area contributed by atoms with Crippen LogP contribution in [0.4, 0.5) is 18.0 Å². The van der Waals surface area contributed by atoms with E-state index < -0.39 is 12.8 Å². The number of halogens is 3. The summed E-state index contributed by atoms with van der Waals surface area (Å²) >= 11 is 0. The zero-order chi connectivity index (χ0) is 17.4. The molecule has 1 saturated heterocycles. The number of carbonyl (C=O) groups is 1. The Morgan fingerprint density at radius 2 is 2.04 bits per heavy atom. The number of pyridine rings is 1. The Morgan fingerprint density at radius 3 is 2.67 bits per heavy atom. The molecule has 24 heavy (non-hydrogen) atoms. The van der Waals surface area contributed by atoms with Crippen molar-refractivity contribution in [1.29, 1.82) is 0 Å². The van der Waals surface area contributed by atoms with Crippen LogP contribution in [0.15, 0.2) is 18.3 Å². The van der Waals surface area contributed by atoms with Crippen molar-refractivity contribution < 1.29 is 22.7 Å². The third-order valence-electron chi connectivity index (χ3n) is 3.64. The van der Waals surface area contributed by atoms with Gasteiger partial charge in [0.15, 0.2) is 6.61 Å². The van der Waals surface area contributed by atoms with Crippen molar-refractivity contribution >= 4 is 6.03 Å². The third kappa shape index (κ3) is 7.03. The minimum absolute atomic E-state index is 0.105. The van der Waals surface area contributed by atoms with E-state index in [0.717, 1.165) is 25.9 Å². The standard InChI is InChI=1S/C15H21F3N4O2/c16-15(17,18)10-24-13-2-1-12(8-20-13)9-22-14(23)21-7-11-3-5-19-6-4-11/h1-2,8,11,19H,3-7,9-10H2,(H2,21,22,23). The number of amides is 2. The predicted molar refractivity (Wildman–Crippen MR) is 81.6 cm³/mol. The van der Waals surface area contributed by atoms with E-state index >= 15 is 0 Å². The van der Waals surface area contributed by atoms with Gasteiger partial charge in [0.2, 0.25) is 5.88 Å². The molecule has 0 saturated carbocycles. The van der Waals surface area contributed by atoms with E-state index in [9.17, 15) is 18.0 Å². The summed E-state index contributed by atoms with van der Waals surface area (Å²) in [4.78, 5) is 15.5. The zero-order valence-electron chi connectivity index (χ0n) is 13.2. The van der Waals surface area contributed by atoms with E-state index in [2.05, 4.69) is 25.7 Å². The predicted octanol–water partition coefficient (Wildman–Crippen LogP) is 1.82. The number of alkyl halides is 3. The maximum atomic E-state index is 12.0. The normalized spacial score (nSPS) is 15.8. The van der Waals surface area contributed by atoms with Gasteiger partial charge in [0.25, 0.3) is 0 Å². The average molecular weight is 346 g/mol. The van der Waals surface area contributed by atoms with Gasteiger partial charge in [-0.3, -0.25) is 0 Å². The summed E-state index contributed by atoms with van der Waals surface area (Å²) < 4.78 is 40.6. The third-order valence-corrected chi connectivity index (χ3v) is 3.64. The molecule has 3 N–H and O–H groups in total. The Morgan fingerprint density at radius 1 is 1.29 bits per heavy atom. The summed E-state index contributed by atoms with van der Waals surface area (Å²) in [5.41, 5.74) is 0.673. The van der Waals surface area contributed by atoms with E-state index in [0.29, 0.717) is 18.0 Å². The van der Waals surface area contributed by atoms with Gasteiger partial charge in [-0.1, -0.05) is 6.07 Å². The van der Waals surface area contributed by atoms with Crippen molar-refractivity contribution in [2.24, 2.45) is 5.92 Å². The summed E-state index contributed by atoms with van der Waals surface area (Å²) in [6.07, 6.45) is -0.930. The molecule has 0 bridgehead atoms. The molecule has 1 aromatic heterocycles. The Labute approximate surface area is 138 Å². The Bertz CT molecular complexity index is 516. The molecule has 2 amide bonds. The molecule has 0 spiro atoms. The first-order valence-electron chi connectivity index (χ1n) is 7.79. The minimum atomic E-state index is -4.39. The molecule has 0 radical (unpaired) electrons. The molecule has 9 heteroatoms. The highest BCUT2D eigenvalue weighted by atomic mass is 19.4. The van der Waals surface area contributed by atoms with Gasteiger partial charge in [-0.2, -0.15) is 13.2 Å². The number of nitrogens with zero attached hydrogens (tertiary/aromatic N) is 1. The average Bonchev–Trinajstić information content (AvgIpc) is 2.57. The molecule has 1 aromatic rings. The van der Waals surface area contributed by atoms with Gasteiger partial charge >= 0.3 is 12.2 Å². The smallest absolute Gasteiger partial charge is 0.422 e. The highest BCUT2D eigenvalue weighted by Crippen LogP contribution is 2.17. The van der Waals surface area contributed by atoms with Crippen LogP contribution in [-0.2, 0) is 6.54 Å². The fraction of sp³-hybridized carbons (Fsp3) is 0.600. The molecule has 1 fully saturated rings. The quantitative estimate of drug-likeness (QED) is 0.735. The molecule has 0 unspecified atom stereocenters. The lowest BCUT2D eigenvalue weighted by molar-refractivity contribution is -0.154. The number of rotatable bonds is 6. The maximum Gasteiger partial charge on any atom is 0.422 e. The van der Waals surface area contributed by atoms with E-state index in [1.807, 2.05) is 0 Å². The molecule has 1 aliphatic rings. The van der Waals surface area contributed by atoms with E-state index in [4.69, 9.17) is 0 Å². The van der Waals surface area contributed by atoms with E-state index in [-0.39, 0.29) is 18.5 Å². The summed E-state index contributed by atoms with van der Waals surface area (Å²) in [6.45, 7) is 1.45. The topological polar surface area (TPSA) is 75.3 Å². The summed E-state index contributed by atoms with van der Waals surface area (Å²) in [6, 6.07) is 2.63. The second-order valence-electron chi connectivity index (χ2n) is 5.67. The first-order chi connectivity index (χ1) is 11.4. The van der Waals surface area contributed by atoms with Crippen molar-refractivity contribution in [2.75, 3.05) is 26.2 Å². The number of urea groups is 1. The Kier molecular flexibility index (Phi) is 6.65. The lowest BCUT2D eigenvalue weighted by atomic mass is 9.98. The number of carbonyl (C=O) groups excluding carboxylic acids is 1. The van der Waals surface area contributed by atoms with Gasteiger partial charge in [0, 0.05) is 25.4 Å². The summed E-state index contributed by atoms with van der Waals surface area (Å²) in [5.74, 6) is 0.384. The zero-order valence-corrected chi connectivity index (χ0v) is 13.2. The highest BCUT2D eigenvalue weighted by molar-refractivity contribution is 5.73. The van der Waals surface area contributed by atoms with Gasteiger partial charge in [0.05, 0.1) is 0 Å². The SMILES string of the molecule is O=C(NCc1ccc(OCC(F)(F)F)nc1)NCC1CCNCC1. The van der Waals surface area contributed by atoms with E-state index in [1.165, 1.54) is 12.3 Å². The highest BCUT2D eigenvalue weighted by Gasteiger charge is 2.28. The van der Waals surface area contributed by atoms with Crippen molar-refractivity contribution in [3.8, 4) is 5.88 Å². The Balaban J connectivity index is 1.66. The molecule has 0 aliphatic carbocycles. The number of hydrogen-bond acceptors (Lipinski definition) is 4. The van der Waals surface area contributed by atoms with Gasteiger partial charge in [-0.15, -0.1) is 0 Å². The summed E-state index contributed by atoms with van der Waals surface area (Å²) in [5, 5.41) is 8.77. The fourth-order valence-electron chi connectivity index (χ4n) is 2.32. The number of aromatic nitrogens is 1. The molecular weight excluding hydrogens is 325 g/mol. The first-order valence-corrected chi connectivity index (χ1v) is 7.79. The van der Waals surface area contributed by atoms with Gasteiger partial charge in [-0.25, -0.2) is 9.78 Å². The van der Waals surface area contributed by atoms with E-state index in [1.54, 1.807) is 6.07 Å². The van der Waals surface area contributed by atoms with Crippen LogP contribution in [0.5, 0.6) is 5.88 Å². The lowest BCUT2D eigenvalue weighted by Gasteiger charge is -2.22. The van der Waals surface area contributed by atoms with Crippen LogP contribution in [0.2, 0.25) is 0 Å². The van der Waals surface area contributed by atoms with Crippen LogP contribution in [0.3, 0.4) is 0 Å². The fourth-order valence-corrected chi connectivity index (χ4v) is 2.32. The Hall–Kier alpha value is -2.03. The van der Waals surface area contributed by atoms with Crippen LogP contribution < -0.4 is 20.7 Å². The maximum absolute atomic E-state index is 12.0. The van der Waals surface area contributed by atoms with Crippen molar-refractivity contribution in [3.05, 3.63) is 23.9 Å². The molecule has 6 nitrogen and oxygen atoms in total. The van der Waals surface area contributed by atoms with Crippen LogP contribution >= 0.6 is 0 Å². The van der Waals surface area contributed by atoms with Crippen LogP contribution in [0.25, 0.3) is 0 Å². The van der Waals surface area contributed by atoms with Gasteiger partial charge < -0.3 is 20.7 Å². The number of nitrogens with one attached hydrogen (secondary N) is 3. The van der Waals surface area contributed by atoms with Crippen LogP contribution in [0.1, 0.15) is 18.4 Å². The second-order valence-corrected chi connectivity index (χ2v) is 5.67. The molecule has 2 heterocycles. The number of piperidine rings is 1. The molecule has 1 aliphatic heterocycles. The molecular formula is C15H21F3N4O2. The van der Waals surface area contributed by atoms with Gasteiger partial charge in [0.1, 0.15) is 0 Å². The molecule has 2 rings (SSSR count).